The van der Waals surface area contributed by atoms with E-state index in [1.165, 1.54) is 18.1 Å². The largest absolute Gasteiger partial charge is 0.465 e. The summed E-state index contributed by atoms with van der Waals surface area (Å²) < 4.78 is 25.4. The van der Waals surface area contributed by atoms with Crippen molar-refractivity contribution in [3.8, 4) is 0 Å². The number of methoxy groups -OCH3 is 1. The topological polar surface area (TPSA) is 59.0 Å². The van der Waals surface area contributed by atoms with E-state index in [1.807, 2.05) is 0 Å². The third kappa shape index (κ3) is 3.70. The van der Waals surface area contributed by atoms with Gasteiger partial charge in [-0.25, -0.2) is 9.18 Å². The molecule has 1 N–H and O–H groups in total. The Bertz CT molecular complexity index is 548. The van der Waals surface area contributed by atoms with Crippen LogP contribution in [0.2, 0.25) is 0 Å². The van der Waals surface area contributed by atoms with E-state index in [1.54, 1.807) is 25.1 Å². The fourth-order valence-electron chi connectivity index (χ4n) is 3.62. The van der Waals surface area contributed by atoms with Gasteiger partial charge in [-0.15, -0.1) is 0 Å². The Morgan fingerprint density at radius 2 is 2.00 bits per heavy atom. The van der Waals surface area contributed by atoms with Gasteiger partial charge in [0.2, 0.25) is 0 Å². The first kappa shape index (κ1) is 18.7. The second kappa shape index (κ2) is 8.44. The molecule has 0 spiro atoms. The van der Waals surface area contributed by atoms with Crippen molar-refractivity contribution in [3.63, 3.8) is 0 Å². The summed E-state index contributed by atoms with van der Waals surface area (Å²) in [5, 5.41) is 9.93. The van der Waals surface area contributed by atoms with Crippen molar-refractivity contribution in [1.29, 1.82) is 0 Å². The van der Waals surface area contributed by atoms with E-state index in [0.717, 1.165) is 32.1 Å². The molecule has 6 heteroatoms. The van der Waals surface area contributed by atoms with Crippen molar-refractivity contribution >= 4 is 6.09 Å². The third-order valence-corrected chi connectivity index (χ3v) is 4.72. The number of nitrogens with zero attached hydrogens (tertiary/aromatic N) is 1. The lowest BCUT2D eigenvalue weighted by atomic mass is 9.89. The summed E-state index contributed by atoms with van der Waals surface area (Å²) in [7, 11) is 1.47. The van der Waals surface area contributed by atoms with Gasteiger partial charge in [0.1, 0.15) is 12.6 Å². The van der Waals surface area contributed by atoms with Crippen molar-refractivity contribution in [3.05, 3.63) is 35.6 Å². The smallest absolute Gasteiger partial charge is 0.410 e. The number of carboxylic acid groups (broad SMARTS) is 1. The van der Waals surface area contributed by atoms with Gasteiger partial charge in [-0.05, 0) is 25.3 Å². The van der Waals surface area contributed by atoms with Crippen molar-refractivity contribution in [2.45, 2.75) is 57.2 Å². The van der Waals surface area contributed by atoms with Crippen LogP contribution in [-0.4, -0.2) is 36.0 Å². The number of rotatable bonds is 7. The maximum absolute atomic E-state index is 14.5. The molecule has 1 unspecified atom stereocenters. The predicted molar refractivity (Wildman–Crippen MR) is 88.1 cm³/mol. The Morgan fingerprint density at radius 1 is 1.33 bits per heavy atom. The van der Waals surface area contributed by atoms with Crippen molar-refractivity contribution in [2.24, 2.45) is 0 Å². The van der Waals surface area contributed by atoms with Gasteiger partial charge in [0.15, 0.2) is 5.72 Å². The molecule has 0 saturated heterocycles. The molecule has 1 atom stereocenters. The van der Waals surface area contributed by atoms with E-state index in [-0.39, 0.29) is 18.4 Å². The third-order valence-electron chi connectivity index (χ3n) is 4.72. The van der Waals surface area contributed by atoms with E-state index in [2.05, 4.69) is 0 Å². The quantitative estimate of drug-likeness (QED) is 0.752. The molecule has 1 fully saturated rings. The van der Waals surface area contributed by atoms with Crippen molar-refractivity contribution in [1.82, 2.24) is 4.90 Å². The van der Waals surface area contributed by atoms with E-state index >= 15 is 0 Å². The van der Waals surface area contributed by atoms with Crippen LogP contribution in [0.15, 0.2) is 24.3 Å². The second-order valence-corrected chi connectivity index (χ2v) is 6.11. The lowest BCUT2D eigenvalue weighted by molar-refractivity contribution is -0.215. The first-order chi connectivity index (χ1) is 11.6. The molecule has 1 aromatic rings. The lowest BCUT2D eigenvalue weighted by Crippen LogP contribution is -2.56. The number of hydrogen-bond acceptors (Lipinski definition) is 3. The minimum absolute atomic E-state index is 0.112. The van der Waals surface area contributed by atoms with Crippen molar-refractivity contribution in [2.75, 3.05) is 13.9 Å². The highest BCUT2D eigenvalue weighted by Gasteiger charge is 2.46. The number of amides is 1. The molecule has 0 aliphatic heterocycles. The van der Waals surface area contributed by atoms with Crippen LogP contribution in [-0.2, 0) is 15.2 Å². The predicted octanol–water partition coefficient (Wildman–Crippen LogP) is 4.32. The summed E-state index contributed by atoms with van der Waals surface area (Å²) in [6, 6.07) is 6.01. The van der Waals surface area contributed by atoms with Crippen LogP contribution < -0.4 is 0 Å². The second-order valence-electron chi connectivity index (χ2n) is 6.11. The maximum Gasteiger partial charge on any atom is 0.410 e. The zero-order valence-electron chi connectivity index (χ0n) is 14.3. The lowest BCUT2D eigenvalue weighted by Gasteiger charge is -2.46. The number of carbonyl (C=O) groups is 1. The molecule has 0 bridgehead atoms. The molecule has 0 heterocycles. The molecule has 134 valence electrons. The Hall–Kier alpha value is -1.66. The summed E-state index contributed by atoms with van der Waals surface area (Å²) >= 11 is 0. The van der Waals surface area contributed by atoms with Gasteiger partial charge in [-0.3, -0.25) is 4.90 Å². The molecular weight excluding hydrogens is 313 g/mol. The van der Waals surface area contributed by atoms with Crippen LogP contribution in [0.1, 0.15) is 51.0 Å². The minimum atomic E-state index is -1.39. The van der Waals surface area contributed by atoms with Crippen molar-refractivity contribution < 1.29 is 23.8 Å². The van der Waals surface area contributed by atoms with Crippen LogP contribution in [0.3, 0.4) is 0 Å². The number of benzene rings is 1. The molecule has 5 nitrogen and oxygen atoms in total. The zero-order chi connectivity index (χ0) is 17.6. The first-order valence-electron chi connectivity index (χ1n) is 8.47. The van der Waals surface area contributed by atoms with Crippen LogP contribution in [0.4, 0.5) is 9.18 Å². The number of ether oxygens (including phenoxy) is 2. The molecular formula is C18H26FNO4. The SMILES string of the molecule is CCC(OCOC)(c1ccccc1F)N(C(=O)O)C1CCCCC1. The van der Waals surface area contributed by atoms with E-state index < -0.39 is 17.6 Å². The zero-order valence-corrected chi connectivity index (χ0v) is 14.3. The molecule has 1 aliphatic carbocycles. The Balaban J connectivity index is 2.52. The summed E-state index contributed by atoms with van der Waals surface area (Å²) in [4.78, 5) is 13.4. The Kier molecular flexibility index (Phi) is 6.57. The maximum atomic E-state index is 14.5. The fourth-order valence-corrected chi connectivity index (χ4v) is 3.62. The van der Waals surface area contributed by atoms with Crippen LogP contribution in [0.25, 0.3) is 0 Å². The van der Waals surface area contributed by atoms with E-state index in [4.69, 9.17) is 9.47 Å². The molecule has 2 rings (SSSR count). The molecule has 1 amide bonds. The van der Waals surface area contributed by atoms with Crippen LogP contribution in [0, 0.1) is 5.82 Å². The standard InChI is InChI=1S/C18H26FNO4/c1-3-18(24-13-23-2,15-11-7-8-12-16(15)19)20(17(21)22)14-9-5-4-6-10-14/h7-8,11-12,14H,3-6,9-10,13H2,1-2H3,(H,21,22). The molecule has 1 aliphatic rings. The first-order valence-corrected chi connectivity index (χ1v) is 8.47. The average Bonchev–Trinajstić information content (AvgIpc) is 2.59. The average molecular weight is 339 g/mol. The highest BCUT2D eigenvalue weighted by atomic mass is 19.1. The van der Waals surface area contributed by atoms with Gasteiger partial charge >= 0.3 is 6.09 Å². The molecule has 24 heavy (non-hydrogen) atoms. The monoisotopic (exact) mass is 339 g/mol. The van der Waals surface area contributed by atoms with E-state index in [0.29, 0.717) is 6.42 Å². The molecule has 0 radical (unpaired) electrons. The highest BCUT2D eigenvalue weighted by molar-refractivity contribution is 5.67. The normalized spacial score (nSPS) is 18.1. The minimum Gasteiger partial charge on any atom is -0.465 e. The summed E-state index contributed by atoms with van der Waals surface area (Å²) in [6.07, 6.45) is 3.76. The summed E-state index contributed by atoms with van der Waals surface area (Å²) in [5.74, 6) is -0.475. The van der Waals surface area contributed by atoms with Gasteiger partial charge in [-0.1, -0.05) is 44.4 Å². The fraction of sp³-hybridized carbons (Fsp3) is 0.611. The Morgan fingerprint density at radius 3 is 2.54 bits per heavy atom. The van der Waals surface area contributed by atoms with Gasteiger partial charge < -0.3 is 14.6 Å². The highest BCUT2D eigenvalue weighted by Crippen LogP contribution is 2.40. The van der Waals surface area contributed by atoms with Gasteiger partial charge in [0.25, 0.3) is 0 Å². The van der Waals surface area contributed by atoms with E-state index in [9.17, 15) is 14.3 Å². The number of hydrogen-bond donors (Lipinski definition) is 1. The van der Waals surface area contributed by atoms with Gasteiger partial charge in [0, 0.05) is 18.7 Å². The molecule has 0 aromatic heterocycles. The molecule has 1 aromatic carbocycles. The summed E-state index contributed by atoms with van der Waals surface area (Å²) in [5.41, 5.74) is -1.16. The van der Waals surface area contributed by atoms with Gasteiger partial charge in [-0.2, -0.15) is 0 Å². The summed E-state index contributed by atoms with van der Waals surface area (Å²) in [6.45, 7) is 1.69. The van der Waals surface area contributed by atoms with Crippen LogP contribution in [0.5, 0.6) is 0 Å². The molecule has 1 saturated carbocycles. The number of halogens is 1. The van der Waals surface area contributed by atoms with Gasteiger partial charge in [0.05, 0.1) is 0 Å². The van der Waals surface area contributed by atoms with Crippen LogP contribution >= 0.6 is 0 Å². The Labute approximate surface area is 142 Å².